The van der Waals surface area contributed by atoms with Crippen molar-refractivity contribution < 1.29 is 14.1 Å². The van der Waals surface area contributed by atoms with Crippen LogP contribution < -0.4 is 10.6 Å². The molecule has 3 heterocycles. The summed E-state index contributed by atoms with van der Waals surface area (Å²) in [6.07, 6.45) is 4.39. The van der Waals surface area contributed by atoms with Crippen LogP contribution in [0.5, 0.6) is 0 Å². The van der Waals surface area contributed by atoms with Crippen molar-refractivity contribution in [3.8, 4) is 0 Å². The minimum absolute atomic E-state index is 0.0264. The Morgan fingerprint density at radius 3 is 2.36 bits per heavy atom. The maximum absolute atomic E-state index is 12.8. The molecule has 36 heavy (non-hydrogen) atoms. The molecule has 8 heteroatoms. The number of amides is 2. The van der Waals surface area contributed by atoms with Crippen molar-refractivity contribution >= 4 is 23.3 Å². The largest absolute Gasteiger partial charge is 0.359 e. The van der Waals surface area contributed by atoms with Crippen LogP contribution in [0.15, 0.2) is 53.2 Å². The summed E-state index contributed by atoms with van der Waals surface area (Å²) in [6, 6.07) is 12.4. The fraction of sp³-hybridized carbons (Fsp3) is 0.429. The van der Waals surface area contributed by atoms with Gasteiger partial charge in [-0.25, -0.2) is 4.79 Å². The molecule has 1 aliphatic heterocycles. The zero-order chi connectivity index (χ0) is 25.7. The predicted octanol–water partition coefficient (Wildman–Crippen LogP) is 5.64. The zero-order valence-corrected chi connectivity index (χ0v) is 21.5. The third-order valence-corrected chi connectivity index (χ3v) is 6.65. The van der Waals surface area contributed by atoms with Crippen molar-refractivity contribution in [1.82, 2.24) is 15.0 Å². The number of pyridine rings is 1. The number of carbonyl (C=O) groups is 2. The van der Waals surface area contributed by atoms with E-state index in [0.29, 0.717) is 28.9 Å². The van der Waals surface area contributed by atoms with Crippen LogP contribution in [0, 0.1) is 0 Å². The summed E-state index contributed by atoms with van der Waals surface area (Å²) < 4.78 is 5.28. The normalized spacial score (nSPS) is 15.0. The number of likely N-dealkylation sites (tertiary alicyclic amines) is 1. The number of anilines is 2. The molecule has 3 aromatic rings. The van der Waals surface area contributed by atoms with Crippen LogP contribution in [0.1, 0.15) is 73.8 Å². The van der Waals surface area contributed by atoms with E-state index in [1.54, 1.807) is 18.2 Å². The lowest BCUT2D eigenvalue weighted by molar-refractivity contribution is 0.0988. The second kappa shape index (κ2) is 11.0. The van der Waals surface area contributed by atoms with Gasteiger partial charge in [-0.05, 0) is 67.7 Å². The van der Waals surface area contributed by atoms with E-state index in [1.165, 1.54) is 5.56 Å². The Hall–Kier alpha value is -3.52. The first-order valence-corrected chi connectivity index (χ1v) is 12.6. The predicted molar refractivity (Wildman–Crippen MR) is 141 cm³/mol. The third kappa shape index (κ3) is 6.57. The third-order valence-electron chi connectivity index (χ3n) is 6.65. The van der Waals surface area contributed by atoms with E-state index in [9.17, 15) is 9.59 Å². The number of carbonyl (C=O) groups excluding carboxylic acids is 2. The molecule has 0 bridgehead atoms. The van der Waals surface area contributed by atoms with Gasteiger partial charge in [0, 0.05) is 29.8 Å². The highest BCUT2D eigenvalue weighted by atomic mass is 16.5. The van der Waals surface area contributed by atoms with Crippen molar-refractivity contribution in [3.63, 3.8) is 0 Å². The van der Waals surface area contributed by atoms with Crippen LogP contribution in [-0.2, 0) is 11.8 Å². The molecule has 8 nitrogen and oxygen atoms in total. The van der Waals surface area contributed by atoms with Crippen molar-refractivity contribution in [2.75, 3.05) is 30.3 Å². The molecule has 2 aromatic heterocycles. The number of piperidine rings is 1. The number of nitrogens with zero attached hydrogens (tertiary/aromatic N) is 3. The van der Waals surface area contributed by atoms with Crippen molar-refractivity contribution in [2.24, 2.45) is 0 Å². The van der Waals surface area contributed by atoms with Gasteiger partial charge in [0.15, 0.2) is 11.6 Å². The number of nitrogens with one attached hydrogen (secondary N) is 2. The summed E-state index contributed by atoms with van der Waals surface area (Å²) in [4.78, 5) is 32.0. The summed E-state index contributed by atoms with van der Waals surface area (Å²) >= 11 is 0. The molecular weight excluding hydrogens is 454 g/mol. The first kappa shape index (κ1) is 25.6. The van der Waals surface area contributed by atoms with Crippen LogP contribution in [-0.4, -0.2) is 46.5 Å². The molecule has 0 saturated carbocycles. The highest BCUT2D eigenvalue weighted by Crippen LogP contribution is 2.28. The number of rotatable bonds is 7. The van der Waals surface area contributed by atoms with Crippen LogP contribution in [0.3, 0.4) is 0 Å². The molecule has 2 N–H and O–H groups in total. The summed E-state index contributed by atoms with van der Waals surface area (Å²) in [7, 11) is 0. The first-order chi connectivity index (χ1) is 17.2. The zero-order valence-electron chi connectivity index (χ0n) is 21.5. The quantitative estimate of drug-likeness (QED) is 0.417. The molecule has 0 radical (unpaired) electrons. The van der Waals surface area contributed by atoms with Gasteiger partial charge >= 0.3 is 6.03 Å². The SMILES string of the molecule is CCN1CCC(c2ccc(C(=O)Cc3ccc(NC(=O)Nc4cc(C(C)(C)C)on4)cc3)nc2)CC1. The van der Waals surface area contributed by atoms with E-state index >= 15 is 0 Å². The summed E-state index contributed by atoms with van der Waals surface area (Å²) in [5.74, 6) is 1.53. The van der Waals surface area contributed by atoms with Crippen molar-refractivity contribution in [3.05, 3.63) is 71.2 Å². The number of ketones is 1. The maximum atomic E-state index is 12.8. The summed E-state index contributed by atoms with van der Waals surface area (Å²) in [5.41, 5.74) is 2.97. The number of urea groups is 1. The Balaban J connectivity index is 1.28. The molecule has 1 saturated heterocycles. The van der Waals surface area contributed by atoms with E-state index in [2.05, 4.69) is 38.7 Å². The Labute approximate surface area is 212 Å². The second-order valence-electron chi connectivity index (χ2n) is 10.4. The van der Waals surface area contributed by atoms with Gasteiger partial charge in [-0.2, -0.15) is 0 Å². The van der Waals surface area contributed by atoms with E-state index in [1.807, 2.05) is 45.2 Å². The molecule has 1 aliphatic rings. The molecule has 1 fully saturated rings. The Kier molecular flexibility index (Phi) is 7.84. The molecule has 4 rings (SSSR count). The van der Waals surface area contributed by atoms with Crippen molar-refractivity contribution in [1.29, 1.82) is 0 Å². The van der Waals surface area contributed by atoms with E-state index in [0.717, 1.165) is 38.0 Å². The second-order valence-corrected chi connectivity index (χ2v) is 10.4. The van der Waals surface area contributed by atoms with Crippen molar-refractivity contribution in [2.45, 2.75) is 58.3 Å². The van der Waals surface area contributed by atoms with Crippen LogP contribution in [0.2, 0.25) is 0 Å². The van der Waals surface area contributed by atoms with Crippen LogP contribution in [0.25, 0.3) is 0 Å². The molecule has 0 aliphatic carbocycles. The molecule has 0 spiro atoms. The summed E-state index contributed by atoms with van der Waals surface area (Å²) in [5, 5.41) is 9.31. The van der Waals surface area contributed by atoms with Gasteiger partial charge in [0.2, 0.25) is 0 Å². The number of benzene rings is 1. The molecule has 1 aromatic carbocycles. The van der Waals surface area contributed by atoms with Crippen LogP contribution in [0.4, 0.5) is 16.3 Å². The minimum atomic E-state index is -0.419. The fourth-order valence-electron chi connectivity index (χ4n) is 4.34. The Morgan fingerprint density at radius 1 is 1.06 bits per heavy atom. The smallest absolute Gasteiger partial charge is 0.324 e. The summed E-state index contributed by atoms with van der Waals surface area (Å²) in [6.45, 7) is 11.6. The maximum Gasteiger partial charge on any atom is 0.324 e. The highest BCUT2D eigenvalue weighted by Gasteiger charge is 2.21. The lowest BCUT2D eigenvalue weighted by Gasteiger charge is -2.31. The lowest BCUT2D eigenvalue weighted by atomic mass is 9.90. The molecule has 0 unspecified atom stereocenters. The van der Waals surface area contributed by atoms with Gasteiger partial charge in [0.1, 0.15) is 11.5 Å². The molecule has 190 valence electrons. The van der Waals surface area contributed by atoms with E-state index in [4.69, 9.17) is 4.52 Å². The van der Waals surface area contributed by atoms with E-state index in [-0.39, 0.29) is 17.6 Å². The number of hydrogen-bond donors (Lipinski definition) is 2. The first-order valence-electron chi connectivity index (χ1n) is 12.6. The molecule has 2 amide bonds. The number of aromatic nitrogens is 2. The minimum Gasteiger partial charge on any atom is -0.359 e. The average molecular weight is 490 g/mol. The van der Waals surface area contributed by atoms with Gasteiger partial charge in [0.05, 0.1) is 0 Å². The highest BCUT2D eigenvalue weighted by molar-refractivity contribution is 5.99. The topological polar surface area (TPSA) is 100 Å². The van der Waals surface area contributed by atoms with Gasteiger partial charge in [0.25, 0.3) is 0 Å². The van der Waals surface area contributed by atoms with Gasteiger partial charge < -0.3 is 14.7 Å². The van der Waals surface area contributed by atoms with Gasteiger partial charge in [-0.3, -0.25) is 15.1 Å². The number of hydrogen-bond acceptors (Lipinski definition) is 6. The fourth-order valence-corrected chi connectivity index (χ4v) is 4.34. The van der Waals surface area contributed by atoms with Gasteiger partial charge in [-0.1, -0.05) is 51.1 Å². The molecular formula is C28H35N5O3. The Morgan fingerprint density at radius 2 is 1.78 bits per heavy atom. The lowest BCUT2D eigenvalue weighted by Crippen LogP contribution is -2.32. The van der Waals surface area contributed by atoms with Gasteiger partial charge in [-0.15, -0.1) is 0 Å². The molecule has 0 atom stereocenters. The monoisotopic (exact) mass is 489 g/mol. The number of Topliss-reactive ketones (excluding diaryl/α,β-unsaturated/α-hetero) is 1. The Bertz CT molecular complexity index is 1170. The average Bonchev–Trinajstić information content (AvgIpc) is 3.34. The van der Waals surface area contributed by atoms with E-state index < -0.39 is 6.03 Å². The standard InChI is InChI=1S/C28H35N5O3/c1-5-33-14-12-20(13-15-33)21-8-11-23(29-18-21)24(34)16-19-6-9-22(10-7-19)30-27(35)31-26-17-25(36-32-26)28(2,3)4/h6-11,17-18,20H,5,12-16H2,1-4H3,(H2,30,31,32,35). The van der Waals surface area contributed by atoms with Crippen LogP contribution >= 0.6 is 0 Å².